The Bertz CT molecular complexity index is 1030. The number of hydrogen-bond donors (Lipinski definition) is 1. The van der Waals surface area contributed by atoms with Gasteiger partial charge in [-0.2, -0.15) is 0 Å². The Morgan fingerprint density at radius 2 is 2.30 bits per heavy atom. The molecule has 0 unspecified atom stereocenters. The number of carbonyl (C=O) groups excluding carboxylic acids is 1. The first-order valence-electron chi connectivity index (χ1n) is 9.05. The Kier molecular flexibility index (Phi) is 6.12. The summed E-state index contributed by atoms with van der Waals surface area (Å²) in [5.74, 6) is -0.304. The van der Waals surface area contributed by atoms with E-state index in [4.69, 9.17) is 26.5 Å². The van der Waals surface area contributed by atoms with Gasteiger partial charge in [0.15, 0.2) is 10.8 Å². The minimum Gasteiger partial charge on any atom is -0.466 e. The molecule has 7 nitrogen and oxygen atoms in total. The van der Waals surface area contributed by atoms with Crippen molar-refractivity contribution in [2.24, 2.45) is 10.1 Å². The number of halogens is 2. The van der Waals surface area contributed by atoms with Crippen LogP contribution in [0.5, 0.6) is 0 Å². The number of rotatable bonds is 5. The van der Waals surface area contributed by atoms with Gasteiger partial charge >= 0.3 is 5.97 Å². The minimum absolute atomic E-state index is 0.0576. The standard InChI is InChI=1S/C19H19ClFN5O2S2/c1-25(30-22)11-8-14-15(19(27)28-2)16(12-4-3-10(21)7-13(12)20)24-17(26(14)9-11)18-23-5-6-29-18/h3-7,11,16H,8-9,22H2,1-2H3/t11-,16-/m0/s1. The molecule has 0 spiro atoms. The number of hydrogen-bond acceptors (Lipinski definition) is 9. The third kappa shape index (κ3) is 3.74. The van der Waals surface area contributed by atoms with Gasteiger partial charge in [-0.05, 0) is 19.2 Å². The van der Waals surface area contributed by atoms with E-state index >= 15 is 0 Å². The number of ether oxygens (including phenoxy) is 1. The van der Waals surface area contributed by atoms with Crippen molar-refractivity contribution in [3.63, 3.8) is 0 Å². The summed E-state index contributed by atoms with van der Waals surface area (Å²) in [7, 11) is 3.23. The molecule has 4 rings (SSSR count). The predicted octanol–water partition coefficient (Wildman–Crippen LogP) is 3.39. The van der Waals surface area contributed by atoms with Crippen molar-refractivity contribution in [3.8, 4) is 0 Å². The Morgan fingerprint density at radius 1 is 1.50 bits per heavy atom. The summed E-state index contributed by atoms with van der Waals surface area (Å²) in [5.41, 5.74) is 1.72. The maximum Gasteiger partial charge on any atom is 0.338 e. The SMILES string of the molecule is COC(=O)C1=C2C[C@H](N(C)SN)CN2C(c2nccs2)=N[C@H]1c1ccc(F)cc1Cl. The summed E-state index contributed by atoms with van der Waals surface area (Å²) >= 11 is 8.94. The molecule has 2 aromatic rings. The second-order valence-corrected chi connectivity index (χ2v) is 8.92. The Morgan fingerprint density at radius 3 is 2.93 bits per heavy atom. The summed E-state index contributed by atoms with van der Waals surface area (Å²) in [6, 6.07) is 3.41. The zero-order valence-corrected chi connectivity index (χ0v) is 18.6. The summed E-state index contributed by atoms with van der Waals surface area (Å²) in [4.78, 5) is 24.1. The molecule has 158 valence electrons. The topological polar surface area (TPSA) is 84.0 Å². The van der Waals surface area contributed by atoms with Crippen LogP contribution in [-0.4, -0.2) is 52.7 Å². The molecule has 2 atom stereocenters. The van der Waals surface area contributed by atoms with Gasteiger partial charge in [0.2, 0.25) is 0 Å². The molecule has 11 heteroatoms. The van der Waals surface area contributed by atoms with E-state index in [-0.39, 0.29) is 11.1 Å². The van der Waals surface area contributed by atoms with E-state index in [0.29, 0.717) is 29.9 Å². The fourth-order valence-electron chi connectivity index (χ4n) is 3.72. The van der Waals surface area contributed by atoms with E-state index in [9.17, 15) is 9.18 Å². The van der Waals surface area contributed by atoms with Crippen molar-refractivity contribution < 1.29 is 13.9 Å². The molecule has 0 amide bonds. The van der Waals surface area contributed by atoms with Gasteiger partial charge in [-0.3, -0.25) is 10.1 Å². The number of thiazole rings is 1. The van der Waals surface area contributed by atoms with Gasteiger partial charge in [0, 0.05) is 59.0 Å². The van der Waals surface area contributed by atoms with Crippen molar-refractivity contribution in [2.75, 3.05) is 20.7 Å². The average molecular weight is 468 g/mol. The maximum absolute atomic E-state index is 13.7. The second-order valence-electron chi connectivity index (χ2n) is 6.83. The smallest absolute Gasteiger partial charge is 0.338 e. The number of methoxy groups -OCH3 is 1. The lowest BCUT2D eigenvalue weighted by molar-refractivity contribution is -0.136. The van der Waals surface area contributed by atoms with Gasteiger partial charge in [0.1, 0.15) is 11.9 Å². The summed E-state index contributed by atoms with van der Waals surface area (Å²) in [6.07, 6.45) is 2.28. The van der Waals surface area contributed by atoms with E-state index in [1.807, 2.05) is 21.6 Å². The quantitative estimate of drug-likeness (QED) is 0.533. The first-order valence-corrected chi connectivity index (χ1v) is 11.1. The minimum atomic E-state index is -0.731. The van der Waals surface area contributed by atoms with E-state index in [0.717, 1.165) is 22.8 Å². The number of carbonyl (C=O) groups is 1. The van der Waals surface area contributed by atoms with Crippen LogP contribution in [0.2, 0.25) is 5.02 Å². The number of aromatic nitrogens is 1. The molecule has 0 saturated carbocycles. The number of nitrogens with two attached hydrogens (primary N) is 1. The van der Waals surface area contributed by atoms with Crippen molar-refractivity contribution in [2.45, 2.75) is 18.5 Å². The van der Waals surface area contributed by atoms with Gasteiger partial charge in [0.05, 0.1) is 12.7 Å². The van der Waals surface area contributed by atoms with Gasteiger partial charge in [-0.1, -0.05) is 17.7 Å². The number of fused-ring (bicyclic) bond motifs is 1. The Labute approximate surface area is 186 Å². The van der Waals surface area contributed by atoms with E-state index in [1.54, 1.807) is 12.3 Å². The largest absolute Gasteiger partial charge is 0.466 e. The highest BCUT2D eigenvalue weighted by Crippen LogP contribution is 2.43. The van der Waals surface area contributed by atoms with Crippen molar-refractivity contribution in [1.82, 2.24) is 14.2 Å². The molecular weight excluding hydrogens is 449 g/mol. The highest BCUT2D eigenvalue weighted by atomic mass is 35.5. The Hall–Kier alpha value is -1.98. The van der Waals surface area contributed by atoms with Crippen molar-refractivity contribution in [3.05, 3.63) is 62.5 Å². The zero-order chi connectivity index (χ0) is 21.4. The van der Waals surface area contributed by atoms with Crippen LogP contribution in [0.3, 0.4) is 0 Å². The first-order chi connectivity index (χ1) is 14.4. The maximum atomic E-state index is 13.7. The molecule has 1 fully saturated rings. The third-order valence-electron chi connectivity index (χ3n) is 5.21. The first kappa shape index (κ1) is 21.3. The highest BCUT2D eigenvalue weighted by molar-refractivity contribution is 7.94. The molecule has 2 aliphatic heterocycles. The zero-order valence-electron chi connectivity index (χ0n) is 16.2. The molecule has 2 N–H and O–H groups in total. The van der Waals surface area contributed by atoms with Crippen LogP contribution in [0.25, 0.3) is 0 Å². The molecule has 2 aliphatic rings. The van der Waals surface area contributed by atoms with E-state index < -0.39 is 17.8 Å². The lowest BCUT2D eigenvalue weighted by atomic mass is 9.94. The number of nitrogens with zero attached hydrogens (tertiary/aromatic N) is 4. The number of benzene rings is 1. The molecule has 0 bridgehead atoms. The molecule has 1 saturated heterocycles. The van der Waals surface area contributed by atoms with Crippen LogP contribution < -0.4 is 5.14 Å². The summed E-state index contributed by atoms with van der Waals surface area (Å²) < 4.78 is 20.7. The lowest BCUT2D eigenvalue weighted by Crippen LogP contribution is -2.37. The molecule has 0 aliphatic carbocycles. The Balaban J connectivity index is 1.90. The summed E-state index contributed by atoms with van der Waals surface area (Å²) in [5, 5.41) is 8.56. The fraction of sp³-hybridized carbons (Fsp3) is 0.316. The molecular formula is C19H19ClFN5O2S2. The highest BCUT2D eigenvalue weighted by Gasteiger charge is 2.43. The average Bonchev–Trinajstić information content (AvgIpc) is 3.42. The van der Waals surface area contributed by atoms with Crippen LogP contribution >= 0.6 is 35.1 Å². The molecule has 3 heterocycles. The van der Waals surface area contributed by atoms with Gasteiger partial charge < -0.3 is 9.64 Å². The van der Waals surface area contributed by atoms with Crippen LogP contribution in [0, 0.1) is 5.82 Å². The van der Waals surface area contributed by atoms with E-state index in [2.05, 4.69) is 4.98 Å². The van der Waals surface area contributed by atoms with Gasteiger partial charge in [-0.25, -0.2) is 18.5 Å². The van der Waals surface area contributed by atoms with Crippen molar-refractivity contribution in [1.29, 1.82) is 0 Å². The van der Waals surface area contributed by atoms with Crippen LogP contribution in [0.15, 0.2) is 46.0 Å². The number of esters is 1. The number of likely N-dealkylation sites (N-methyl/N-ethyl adjacent to an activating group) is 1. The fourth-order valence-corrected chi connectivity index (χ4v) is 4.95. The second kappa shape index (κ2) is 8.64. The number of aliphatic imine (C=N–C) groups is 1. The van der Waals surface area contributed by atoms with E-state index in [1.165, 1.54) is 30.6 Å². The van der Waals surface area contributed by atoms with Gasteiger partial charge in [0.25, 0.3) is 0 Å². The third-order valence-corrected chi connectivity index (χ3v) is 6.93. The van der Waals surface area contributed by atoms with Crippen LogP contribution in [0.1, 0.15) is 23.0 Å². The monoisotopic (exact) mass is 467 g/mol. The molecule has 30 heavy (non-hydrogen) atoms. The van der Waals surface area contributed by atoms with Gasteiger partial charge in [-0.15, -0.1) is 11.3 Å². The lowest BCUT2D eigenvalue weighted by Gasteiger charge is -2.31. The molecule has 1 aromatic heterocycles. The molecule has 1 aromatic carbocycles. The molecule has 0 radical (unpaired) electrons. The summed E-state index contributed by atoms with van der Waals surface area (Å²) in [6.45, 7) is 0.596. The normalized spacial score (nSPS) is 21.1. The van der Waals surface area contributed by atoms with Crippen LogP contribution in [0.4, 0.5) is 4.39 Å². The predicted molar refractivity (Wildman–Crippen MR) is 116 cm³/mol. The number of amidine groups is 1. The van der Waals surface area contributed by atoms with Crippen LogP contribution in [-0.2, 0) is 9.53 Å². The van der Waals surface area contributed by atoms with Crippen molar-refractivity contribution >= 4 is 46.9 Å².